The van der Waals surface area contributed by atoms with E-state index in [0.717, 1.165) is 67.2 Å². The zero-order valence-electron chi connectivity index (χ0n) is 20.7. The van der Waals surface area contributed by atoms with Crippen molar-refractivity contribution in [1.82, 2.24) is 29.7 Å². The molecule has 192 valence electrons. The second-order valence-corrected chi connectivity index (χ2v) is 11.7. The van der Waals surface area contributed by atoms with E-state index < -0.39 is 0 Å². The van der Waals surface area contributed by atoms with Crippen LogP contribution < -0.4 is 10.6 Å². The van der Waals surface area contributed by atoms with Crippen LogP contribution in [0.4, 0.5) is 11.8 Å². The molecule has 36 heavy (non-hydrogen) atoms. The van der Waals surface area contributed by atoms with Gasteiger partial charge in [0.05, 0.1) is 34.7 Å². The molecule has 0 bridgehead atoms. The Morgan fingerprint density at radius 3 is 2.58 bits per heavy atom. The number of nitrogens with zero attached hydrogens (tertiary/aromatic N) is 7. The predicted molar refractivity (Wildman–Crippen MR) is 145 cm³/mol. The fourth-order valence-corrected chi connectivity index (χ4v) is 6.72. The topological polar surface area (TPSA) is 114 Å². The van der Waals surface area contributed by atoms with E-state index in [0.29, 0.717) is 30.0 Å². The maximum Gasteiger partial charge on any atom is 0.232 e. The number of carbonyl (C=O) groups excluding carboxylic acids is 1. The molecule has 3 aromatic rings. The van der Waals surface area contributed by atoms with Crippen molar-refractivity contribution in [3.8, 4) is 11.4 Å². The third-order valence-corrected chi connectivity index (χ3v) is 8.96. The van der Waals surface area contributed by atoms with Gasteiger partial charge in [-0.3, -0.25) is 9.69 Å². The van der Waals surface area contributed by atoms with Crippen LogP contribution in [0.2, 0.25) is 0 Å². The molecular formula is C24H32N8O2S2. The molecule has 10 nitrogen and oxygen atoms in total. The summed E-state index contributed by atoms with van der Waals surface area (Å²) in [6.45, 7) is 5.97. The van der Waals surface area contributed by atoms with Crippen molar-refractivity contribution < 1.29 is 9.53 Å². The van der Waals surface area contributed by atoms with Crippen LogP contribution in [-0.4, -0.2) is 100 Å². The molecule has 0 radical (unpaired) electrons. The molecule has 0 atom stereocenters. The number of likely N-dealkylation sites (tertiary alicyclic amines) is 1. The molecule has 3 aromatic heterocycles. The number of aromatic nitrogens is 4. The van der Waals surface area contributed by atoms with Gasteiger partial charge in [-0.1, -0.05) is 0 Å². The first-order valence-electron chi connectivity index (χ1n) is 12.2. The fourth-order valence-electron chi connectivity index (χ4n) is 4.39. The van der Waals surface area contributed by atoms with E-state index in [-0.39, 0.29) is 11.9 Å². The first kappa shape index (κ1) is 25.1. The van der Waals surface area contributed by atoms with Crippen LogP contribution in [0.15, 0.2) is 18.5 Å². The highest BCUT2D eigenvalue weighted by Crippen LogP contribution is 2.35. The monoisotopic (exact) mass is 528 g/mol. The molecule has 5 heterocycles. The number of hydrogen-bond acceptors (Lipinski definition) is 11. The number of hydrogen-bond donors (Lipinski definition) is 1. The Kier molecular flexibility index (Phi) is 7.85. The van der Waals surface area contributed by atoms with Crippen molar-refractivity contribution in [3.05, 3.63) is 23.3 Å². The van der Waals surface area contributed by atoms with Crippen LogP contribution in [-0.2, 0) is 16.1 Å². The van der Waals surface area contributed by atoms with Crippen LogP contribution in [0.1, 0.15) is 17.7 Å². The summed E-state index contributed by atoms with van der Waals surface area (Å²) in [7, 11) is 3.63. The number of thioether (sulfide) groups is 1. The first-order valence-corrected chi connectivity index (χ1v) is 14.1. The van der Waals surface area contributed by atoms with Crippen LogP contribution in [0.25, 0.3) is 21.6 Å². The number of anilines is 2. The number of nitrogen functional groups attached to an aromatic ring is 1. The highest BCUT2D eigenvalue weighted by Gasteiger charge is 2.24. The van der Waals surface area contributed by atoms with E-state index in [1.807, 2.05) is 14.1 Å². The molecule has 0 unspecified atom stereocenters. The maximum absolute atomic E-state index is 11.9. The lowest BCUT2D eigenvalue weighted by Crippen LogP contribution is -2.36. The number of thiophene rings is 1. The maximum atomic E-state index is 11.9. The molecule has 2 aliphatic rings. The number of morpholine rings is 1. The molecule has 1 amide bonds. The second kappa shape index (κ2) is 11.2. The predicted octanol–water partition coefficient (Wildman–Crippen LogP) is 2.35. The quantitative estimate of drug-likeness (QED) is 0.490. The Morgan fingerprint density at radius 1 is 1.17 bits per heavy atom. The number of piperidine rings is 1. The summed E-state index contributed by atoms with van der Waals surface area (Å²) >= 11 is 3.58. The minimum Gasteiger partial charge on any atom is -0.378 e. The Morgan fingerprint density at radius 2 is 1.89 bits per heavy atom. The number of amides is 1. The van der Waals surface area contributed by atoms with Crippen LogP contribution in [0, 0.1) is 0 Å². The van der Waals surface area contributed by atoms with Gasteiger partial charge in [-0.15, -0.1) is 23.1 Å². The van der Waals surface area contributed by atoms with Gasteiger partial charge in [0.25, 0.3) is 0 Å². The highest BCUT2D eigenvalue weighted by atomic mass is 32.2. The fraction of sp³-hybridized carbons (Fsp3) is 0.542. The smallest absolute Gasteiger partial charge is 0.232 e. The van der Waals surface area contributed by atoms with Crippen LogP contribution in [0.5, 0.6) is 0 Å². The molecule has 0 aliphatic carbocycles. The standard InChI is InChI=1S/C24H32N8O2S2/c1-30(2)20(33)15-35-17-3-5-31(6-4-17)14-18-11-19-21(36-18)23(32-7-9-34-10-8-32)29-22(28-19)16-12-26-24(25)27-13-16/h11-13,17H,3-10,14-15H2,1-2H3,(H2,25,26,27). The van der Waals surface area contributed by atoms with Crippen molar-refractivity contribution in [2.24, 2.45) is 0 Å². The van der Waals surface area contributed by atoms with E-state index in [9.17, 15) is 4.79 Å². The van der Waals surface area contributed by atoms with Gasteiger partial charge in [0, 0.05) is 56.3 Å². The molecule has 2 fully saturated rings. The molecule has 0 spiro atoms. The number of carbonyl (C=O) groups is 1. The van der Waals surface area contributed by atoms with Crippen molar-refractivity contribution in [1.29, 1.82) is 0 Å². The number of ether oxygens (including phenoxy) is 1. The highest BCUT2D eigenvalue weighted by molar-refractivity contribution is 8.00. The summed E-state index contributed by atoms with van der Waals surface area (Å²) < 4.78 is 6.68. The Hall–Kier alpha value is -2.54. The summed E-state index contributed by atoms with van der Waals surface area (Å²) in [6.07, 6.45) is 5.56. The largest absolute Gasteiger partial charge is 0.378 e. The lowest BCUT2D eigenvalue weighted by molar-refractivity contribution is -0.125. The van der Waals surface area contributed by atoms with Crippen molar-refractivity contribution >= 4 is 51.0 Å². The minimum absolute atomic E-state index is 0.190. The van der Waals surface area contributed by atoms with Gasteiger partial charge in [-0.25, -0.2) is 19.9 Å². The third kappa shape index (κ3) is 5.88. The van der Waals surface area contributed by atoms with Crippen LogP contribution >= 0.6 is 23.1 Å². The Labute approximate surface area is 219 Å². The van der Waals surface area contributed by atoms with E-state index in [2.05, 4.69) is 25.8 Å². The van der Waals surface area contributed by atoms with Gasteiger partial charge in [0.1, 0.15) is 0 Å². The third-order valence-electron chi connectivity index (χ3n) is 6.50. The summed E-state index contributed by atoms with van der Waals surface area (Å²) in [5.41, 5.74) is 7.38. The van der Waals surface area contributed by atoms with E-state index >= 15 is 0 Å². The Bertz CT molecular complexity index is 1190. The SMILES string of the molecule is CN(C)C(=O)CSC1CCN(Cc2cc3nc(-c4cnc(N)nc4)nc(N4CCOCC4)c3s2)CC1. The first-order chi connectivity index (χ1) is 17.5. The minimum atomic E-state index is 0.190. The van der Waals surface area contributed by atoms with Crippen LogP contribution in [0.3, 0.4) is 0 Å². The average molecular weight is 529 g/mol. The summed E-state index contributed by atoms with van der Waals surface area (Å²) in [5, 5.41) is 0.552. The molecule has 2 saturated heterocycles. The Balaban J connectivity index is 1.32. The summed E-state index contributed by atoms with van der Waals surface area (Å²) in [6, 6.07) is 2.20. The lowest BCUT2D eigenvalue weighted by atomic mass is 10.1. The van der Waals surface area contributed by atoms with Gasteiger partial charge in [-0.05, 0) is 32.0 Å². The average Bonchev–Trinajstić information content (AvgIpc) is 3.30. The molecule has 5 rings (SSSR count). The second-order valence-electron chi connectivity index (χ2n) is 9.30. The summed E-state index contributed by atoms with van der Waals surface area (Å²) in [5.74, 6) is 2.55. The number of nitrogens with two attached hydrogens (primary N) is 1. The number of fused-ring (bicyclic) bond motifs is 1. The van der Waals surface area contributed by atoms with E-state index in [4.69, 9.17) is 20.4 Å². The zero-order valence-corrected chi connectivity index (χ0v) is 22.4. The van der Waals surface area contributed by atoms with Gasteiger partial charge >= 0.3 is 0 Å². The molecule has 0 aromatic carbocycles. The van der Waals surface area contributed by atoms with Crippen molar-refractivity contribution in [2.45, 2.75) is 24.6 Å². The molecule has 2 aliphatic heterocycles. The van der Waals surface area contributed by atoms with E-state index in [1.54, 1.807) is 40.4 Å². The van der Waals surface area contributed by atoms with Gasteiger partial charge < -0.3 is 20.3 Å². The lowest BCUT2D eigenvalue weighted by Gasteiger charge is -2.31. The van der Waals surface area contributed by atoms with Crippen molar-refractivity contribution in [3.63, 3.8) is 0 Å². The number of rotatable bonds is 7. The van der Waals surface area contributed by atoms with Gasteiger partial charge in [0.15, 0.2) is 11.6 Å². The normalized spacial score (nSPS) is 17.6. The van der Waals surface area contributed by atoms with Gasteiger partial charge in [-0.2, -0.15) is 0 Å². The van der Waals surface area contributed by atoms with Gasteiger partial charge in [0.2, 0.25) is 11.9 Å². The molecule has 2 N–H and O–H groups in total. The molecular weight excluding hydrogens is 496 g/mol. The zero-order chi connectivity index (χ0) is 25.1. The molecule has 0 saturated carbocycles. The molecule has 12 heteroatoms. The summed E-state index contributed by atoms with van der Waals surface area (Å²) in [4.78, 5) is 37.7. The van der Waals surface area contributed by atoms with E-state index in [1.165, 1.54) is 4.88 Å². The van der Waals surface area contributed by atoms with Crippen molar-refractivity contribution in [2.75, 3.05) is 69.9 Å².